The summed E-state index contributed by atoms with van der Waals surface area (Å²) in [6, 6.07) is 14.0. The summed E-state index contributed by atoms with van der Waals surface area (Å²) in [4.78, 5) is 14.2. The second-order valence-electron chi connectivity index (χ2n) is 7.54. The summed E-state index contributed by atoms with van der Waals surface area (Å²) < 4.78 is 13.5. The van der Waals surface area contributed by atoms with Crippen molar-refractivity contribution in [1.29, 1.82) is 0 Å². The molecule has 0 fully saturated rings. The molecule has 0 radical (unpaired) electrons. The molecule has 0 unspecified atom stereocenters. The number of Topliss-reactive ketones (excluding diaryl/α,β-unsaturated/α-hetero) is 1. The summed E-state index contributed by atoms with van der Waals surface area (Å²) in [5.74, 6) is 1.44. The van der Waals surface area contributed by atoms with E-state index in [4.69, 9.17) is 9.15 Å². The van der Waals surface area contributed by atoms with Crippen molar-refractivity contribution < 1.29 is 13.9 Å². The Balaban J connectivity index is 1.31. The maximum Gasteiger partial charge on any atom is 0.277 e. The molecule has 0 saturated heterocycles. The van der Waals surface area contributed by atoms with Gasteiger partial charge >= 0.3 is 0 Å². The SMILES string of the molecule is Cc1cccc(OCc2nnc(SCC(=O)c3cc(C)n(CCc4cccs4)c3C)o2)c1. The Labute approximate surface area is 195 Å². The zero-order valence-corrected chi connectivity index (χ0v) is 20.0. The number of aromatic nitrogens is 3. The van der Waals surface area contributed by atoms with Gasteiger partial charge in [0.15, 0.2) is 12.4 Å². The van der Waals surface area contributed by atoms with Gasteiger partial charge in [0.25, 0.3) is 11.1 Å². The molecule has 0 spiro atoms. The first-order valence-electron chi connectivity index (χ1n) is 10.4. The highest BCUT2D eigenvalue weighted by Gasteiger charge is 2.17. The lowest BCUT2D eigenvalue weighted by molar-refractivity contribution is 0.102. The largest absolute Gasteiger partial charge is 0.484 e. The monoisotopic (exact) mass is 467 g/mol. The second kappa shape index (κ2) is 10.2. The Bertz CT molecular complexity index is 1200. The summed E-state index contributed by atoms with van der Waals surface area (Å²) >= 11 is 3.01. The van der Waals surface area contributed by atoms with E-state index < -0.39 is 0 Å². The molecule has 1 aromatic carbocycles. The van der Waals surface area contributed by atoms with E-state index in [1.807, 2.05) is 51.1 Å². The topological polar surface area (TPSA) is 70.2 Å². The maximum absolute atomic E-state index is 12.8. The molecule has 3 heterocycles. The second-order valence-corrected chi connectivity index (χ2v) is 9.50. The summed E-state index contributed by atoms with van der Waals surface area (Å²) in [6.45, 7) is 7.12. The van der Waals surface area contributed by atoms with Crippen molar-refractivity contribution in [3.05, 3.63) is 81.1 Å². The summed E-state index contributed by atoms with van der Waals surface area (Å²) in [7, 11) is 0. The number of carbonyl (C=O) groups excluding carboxylic acids is 1. The third-order valence-corrected chi connectivity index (χ3v) is 6.92. The van der Waals surface area contributed by atoms with Crippen molar-refractivity contribution in [2.75, 3.05) is 5.75 Å². The number of thioether (sulfide) groups is 1. The first kappa shape index (κ1) is 22.4. The molecule has 0 bridgehead atoms. The van der Waals surface area contributed by atoms with Crippen molar-refractivity contribution in [3.63, 3.8) is 0 Å². The lowest BCUT2D eigenvalue weighted by Crippen LogP contribution is -2.08. The minimum atomic E-state index is 0.0567. The van der Waals surface area contributed by atoms with Crippen LogP contribution in [0, 0.1) is 20.8 Å². The average Bonchev–Trinajstić information content (AvgIpc) is 3.51. The molecule has 166 valence electrons. The van der Waals surface area contributed by atoms with Crippen LogP contribution in [-0.2, 0) is 19.6 Å². The number of benzene rings is 1. The number of carbonyl (C=O) groups is 1. The number of aryl methyl sites for hydroxylation is 3. The van der Waals surface area contributed by atoms with Gasteiger partial charge in [0.2, 0.25) is 0 Å². The molecule has 0 aliphatic carbocycles. The highest BCUT2D eigenvalue weighted by atomic mass is 32.2. The third kappa shape index (κ3) is 5.49. The number of thiophene rings is 1. The van der Waals surface area contributed by atoms with Gasteiger partial charge in [0.05, 0.1) is 5.75 Å². The quantitative estimate of drug-likeness (QED) is 0.222. The van der Waals surface area contributed by atoms with Gasteiger partial charge in [-0.3, -0.25) is 4.79 Å². The minimum Gasteiger partial charge on any atom is -0.484 e. The Hall–Kier alpha value is -2.84. The highest BCUT2D eigenvalue weighted by Crippen LogP contribution is 2.23. The van der Waals surface area contributed by atoms with Gasteiger partial charge in [-0.25, -0.2) is 0 Å². The van der Waals surface area contributed by atoms with E-state index in [1.165, 1.54) is 16.6 Å². The summed E-state index contributed by atoms with van der Waals surface area (Å²) in [6.07, 6.45) is 0.964. The standard InChI is InChI=1S/C24H25N3O3S2/c1-16-6-4-7-19(12-16)29-14-23-25-26-24(30-23)32-15-22(28)21-13-17(2)27(18(21)3)10-9-20-8-5-11-31-20/h4-8,11-13H,9-10,14-15H2,1-3H3. The maximum atomic E-state index is 12.8. The molecule has 4 aromatic rings. The molecule has 0 aliphatic rings. The molecule has 3 aromatic heterocycles. The fraction of sp³-hybridized carbons (Fsp3) is 0.292. The predicted molar refractivity (Wildman–Crippen MR) is 127 cm³/mol. The van der Waals surface area contributed by atoms with Gasteiger partial charge in [-0.05, 0) is 62.4 Å². The van der Waals surface area contributed by atoms with Crippen LogP contribution in [0.4, 0.5) is 0 Å². The number of hydrogen-bond donors (Lipinski definition) is 0. The van der Waals surface area contributed by atoms with Crippen LogP contribution < -0.4 is 4.74 Å². The molecule has 32 heavy (non-hydrogen) atoms. The first-order valence-corrected chi connectivity index (χ1v) is 12.2. The molecular formula is C24H25N3O3S2. The number of hydrogen-bond acceptors (Lipinski definition) is 7. The van der Waals surface area contributed by atoms with Crippen LogP contribution in [-0.4, -0.2) is 26.3 Å². The number of ether oxygens (including phenoxy) is 1. The van der Waals surface area contributed by atoms with Crippen LogP contribution in [0.1, 0.15) is 38.1 Å². The van der Waals surface area contributed by atoms with Crippen LogP contribution in [0.5, 0.6) is 5.75 Å². The lowest BCUT2D eigenvalue weighted by Gasteiger charge is -2.09. The molecule has 6 nitrogen and oxygen atoms in total. The van der Waals surface area contributed by atoms with E-state index in [9.17, 15) is 4.79 Å². The highest BCUT2D eigenvalue weighted by molar-refractivity contribution is 7.99. The van der Waals surface area contributed by atoms with Gasteiger partial charge in [0.1, 0.15) is 5.75 Å². The van der Waals surface area contributed by atoms with Crippen LogP contribution in [0.15, 0.2) is 57.5 Å². The molecule has 8 heteroatoms. The van der Waals surface area contributed by atoms with Crippen LogP contribution in [0.2, 0.25) is 0 Å². The van der Waals surface area contributed by atoms with Crippen molar-refractivity contribution >= 4 is 28.9 Å². The number of ketones is 1. The van der Waals surface area contributed by atoms with Crippen LogP contribution >= 0.6 is 23.1 Å². The van der Waals surface area contributed by atoms with Gasteiger partial charge in [0, 0.05) is 28.4 Å². The smallest absolute Gasteiger partial charge is 0.277 e. The van der Waals surface area contributed by atoms with E-state index >= 15 is 0 Å². The third-order valence-electron chi connectivity index (χ3n) is 5.16. The zero-order chi connectivity index (χ0) is 22.5. The van der Waals surface area contributed by atoms with E-state index in [0.717, 1.165) is 41.2 Å². The summed E-state index contributed by atoms with van der Waals surface area (Å²) in [5.41, 5.74) is 3.97. The number of rotatable bonds is 10. The van der Waals surface area contributed by atoms with E-state index in [-0.39, 0.29) is 18.1 Å². The lowest BCUT2D eigenvalue weighted by atomic mass is 10.2. The van der Waals surface area contributed by atoms with E-state index in [1.54, 1.807) is 11.3 Å². The van der Waals surface area contributed by atoms with Crippen LogP contribution in [0.25, 0.3) is 0 Å². The molecule has 0 aliphatic heterocycles. The van der Waals surface area contributed by atoms with Crippen LogP contribution in [0.3, 0.4) is 0 Å². The average molecular weight is 468 g/mol. The van der Waals surface area contributed by atoms with Gasteiger partial charge in [-0.1, -0.05) is 30.0 Å². The Morgan fingerprint density at radius 2 is 2.03 bits per heavy atom. The van der Waals surface area contributed by atoms with Crippen molar-refractivity contribution in [1.82, 2.24) is 14.8 Å². The van der Waals surface area contributed by atoms with E-state index in [2.05, 4.69) is 32.3 Å². The normalized spacial score (nSPS) is 11.1. The molecule has 0 amide bonds. The molecule has 0 N–H and O–H groups in total. The summed E-state index contributed by atoms with van der Waals surface area (Å²) in [5, 5.41) is 10.5. The predicted octanol–water partition coefficient (Wildman–Crippen LogP) is 5.65. The fourth-order valence-electron chi connectivity index (χ4n) is 3.51. The van der Waals surface area contributed by atoms with E-state index in [0.29, 0.717) is 11.1 Å². The van der Waals surface area contributed by atoms with Crippen molar-refractivity contribution in [3.8, 4) is 5.75 Å². The van der Waals surface area contributed by atoms with Gasteiger partial charge < -0.3 is 13.7 Å². The molecular weight excluding hydrogens is 442 g/mol. The first-order chi connectivity index (χ1) is 15.5. The zero-order valence-electron chi connectivity index (χ0n) is 18.3. The minimum absolute atomic E-state index is 0.0567. The Morgan fingerprint density at radius 3 is 2.81 bits per heavy atom. The number of nitrogens with zero attached hydrogens (tertiary/aromatic N) is 3. The Morgan fingerprint density at radius 1 is 1.16 bits per heavy atom. The Kier molecular flexibility index (Phi) is 7.12. The van der Waals surface area contributed by atoms with Crippen molar-refractivity contribution in [2.45, 2.75) is 45.6 Å². The molecule has 0 atom stereocenters. The van der Waals surface area contributed by atoms with Crippen molar-refractivity contribution in [2.24, 2.45) is 0 Å². The van der Waals surface area contributed by atoms with Gasteiger partial charge in [-0.2, -0.15) is 0 Å². The fourth-order valence-corrected chi connectivity index (χ4v) is 4.88. The van der Waals surface area contributed by atoms with Gasteiger partial charge in [-0.15, -0.1) is 21.5 Å². The molecule has 4 rings (SSSR count). The molecule has 0 saturated carbocycles.